The fourth-order valence-electron chi connectivity index (χ4n) is 3.59. The minimum atomic E-state index is -0.137. The van der Waals surface area contributed by atoms with Crippen molar-refractivity contribution in [2.24, 2.45) is 0 Å². The van der Waals surface area contributed by atoms with Gasteiger partial charge < -0.3 is 24.4 Å². The lowest BCUT2D eigenvalue weighted by Gasteiger charge is -2.29. The normalized spacial score (nSPS) is 12.5. The second-order valence-corrected chi connectivity index (χ2v) is 7.60. The van der Waals surface area contributed by atoms with Gasteiger partial charge in [-0.05, 0) is 48.4 Å². The maximum Gasteiger partial charge on any atom is 0.265 e. The number of methoxy groups -OCH3 is 1. The predicted molar refractivity (Wildman–Crippen MR) is 126 cm³/mol. The van der Waals surface area contributed by atoms with Crippen LogP contribution in [0.2, 0.25) is 0 Å². The molecule has 4 rings (SSSR count). The van der Waals surface area contributed by atoms with Crippen LogP contribution in [0.3, 0.4) is 0 Å². The molecule has 0 aliphatic carbocycles. The number of rotatable bonds is 9. The molecule has 0 spiro atoms. The van der Waals surface area contributed by atoms with Crippen LogP contribution >= 0.6 is 0 Å². The van der Waals surface area contributed by atoms with Crippen molar-refractivity contribution in [3.8, 4) is 17.2 Å². The lowest BCUT2D eigenvalue weighted by atomic mass is 10.1. The van der Waals surface area contributed by atoms with Gasteiger partial charge in [0.1, 0.15) is 17.2 Å². The zero-order valence-electron chi connectivity index (χ0n) is 18.5. The zero-order chi connectivity index (χ0) is 23.0. The van der Waals surface area contributed by atoms with Crippen LogP contribution < -0.4 is 24.4 Å². The Balaban J connectivity index is 1.34. The lowest BCUT2D eigenvalue weighted by molar-refractivity contribution is -0.121. The summed E-state index contributed by atoms with van der Waals surface area (Å²) in [6.07, 6.45) is 0.925. The molecule has 1 aliphatic rings. The topological polar surface area (TPSA) is 77.1 Å². The smallest absolute Gasteiger partial charge is 0.265 e. The molecule has 1 N–H and O–H groups in total. The number of carbonyl (C=O) groups is 2. The number of hydrogen-bond donors (Lipinski definition) is 1. The summed E-state index contributed by atoms with van der Waals surface area (Å²) in [5.74, 6) is 1.89. The number of carbonyl (C=O) groups excluding carboxylic acids is 2. The highest BCUT2D eigenvalue weighted by molar-refractivity contribution is 5.99. The molecule has 3 aromatic rings. The summed E-state index contributed by atoms with van der Waals surface area (Å²) in [4.78, 5) is 26.6. The molecule has 0 atom stereocenters. The standard InChI is InChI=1S/C26H26N2O5/c1-31-21-11-8-19(9-12-21)16-25(29)27-20-10-13-23-24(17-20)33-18-26(30)28(23)14-5-15-32-22-6-3-2-4-7-22/h2-4,6-13,17H,5,14-16,18H2,1H3,(H,27,29). The van der Waals surface area contributed by atoms with Gasteiger partial charge in [-0.2, -0.15) is 0 Å². The third kappa shape index (κ3) is 5.83. The minimum Gasteiger partial charge on any atom is -0.497 e. The van der Waals surface area contributed by atoms with Crippen LogP contribution in [0.5, 0.6) is 17.2 Å². The predicted octanol–water partition coefficient (Wildman–Crippen LogP) is 4.07. The Labute approximate surface area is 192 Å². The molecule has 0 unspecified atom stereocenters. The highest BCUT2D eigenvalue weighted by atomic mass is 16.5. The number of nitrogens with zero attached hydrogens (tertiary/aromatic N) is 1. The van der Waals surface area contributed by atoms with E-state index in [9.17, 15) is 9.59 Å². The summed E-state index contributed by atoms with van der Waals surface area (Å²) in [5, 5.41) is 2.89. The second-order valence-electron chi connectivity index (χ2n) is 7.60. The van der Waals surface area contributed by atoms with E-state index in [1.165, 1.54) is 0 Å². The molecule has 0 aromatic heterocycles. The van der Waals surface area contributed by atoms with Crippen molar-refractivity contribution in [2.45, 2.75) is 12.8 Å². The van der Waals surface area contributed by atoms with Crippen molar-refractivity contribution in [1.29, 1.82) is 0 Å². The van der Waals surface area contributed by atoms with Crippen molar-refractivity contribution in [3.05, 3.63) is 78.4 Å². The Morgan fingerprint density at radius 1 is 1.03 bits per heavy atom. The van der Waals surface area contributed by atoms with E-state index >= 15 is 0 Å². The first-order chi connectivity index (χ1) is 16.1. The molecule has 7 heteroatoms. The van der Waals surface area contributed by atoms with Gasteiger partial charge in [0.2, 0.25) is 5.91 Å². The molecule has 0 saturated heterocycles. The maximum absolute atomic E-state index is 12.5. The van der Waals surface area contributed by atoms with Crippen LogP contribution in [-0.2, 0) is 16.0 Å². The second kappa shape index (κ2) is 10.5. The summed E-state index contributed by atoms with van der Waals surface area (Å²) in [6.45, 7) is 0.991. The molecule has 0 fully saturated rings. The Hall–Kier alpha value is -4.00. The molecule has 7 nitrogen and oxygen atoms in total. The van der Waals surface area contributed by atoms with Crippen molar-refractivity contribution in [1.82, 2.24) is 0 Å². The van der Waals surface area contributed by atoms with Crippen LogP contribution in [0, 0.1) is 0 Å². The van der Waals surface area contributed by atoms with E-state index in [1.54, 1.807) is 30.2 Å². The van der Waals surface area contributed by atoms with E-state index in [2.05, 4.69) is 5.32 Å². The lowest BCUT2D eigenvalue weighted by Crippen LogP contribution is -2.39. The molecule has 2 amide bonds. The molecule has 0 saturated carbocycles. The summed E-state index contributed by atoms with van der Waals surface area (Å²) in [5.41, 5.74) is 2.20. The van der Waals surface area contributed by atoms with Gasteiger partial charge in [0.25, 0.3) is 5.91 Å². The molecule has 0 radical (unpaired) electrons. The Morgan fingerprint density at radius 3 is 2.58 bits per heavy atom. The fraction of sp³-hybridized carbons (Fsp3) is 0.231. The average Bonchev–Trinajstić information content (AvgIpc) is 2.84. The molecule has 1 heterocycles. The van der Waals surface area contributed by atoms with Gasteiger partial charge in [0.15, 0.2) is 6.61 Å². The van der Waals surface area contributed by atoms with E-state index < -0.39 is 0 Å². The van der Waals surface area contributed by atoms with Gasteiger partial charge in [-0.15, -0.1) is 0 Å². The summed E-state index contributed by atoms with van der Waals surface area (Å²) in [7, 11) is 1.60. The summed E-state index contributed by atoms with van der Waals surface area (Å²) in [6, 6.07) is 22.3. The summed E-state index contributed by atoms with van der Waals surface area (Å²) < 4.78 is 16.5. The SMILES string of the molecule is COc1ccc(CC(=O)Nc2ccc3c(c2)OCC(=O)N3CCCOc2ccccc2)cc1. The molecular weight excluding hydrogens is 420 g/mol. The van der Waals surface area contributed by atoms with Crippen LogP contribution in [0.15, 0.2) is 72.8 Å². The number of ether oxygens (including phenoxy) is 3. The molecule has 0 bridgehead atoms. The first kappa shape index (κ1) is 22.2. The fourth-order valence-corrected chi connectivity index (χ4v) is 3.59. The van der Waals surface area contributed by atoms with Crippen molar-refractivity contribution in [3.63, 3.8) is 0 Å². The third-order valence-corrected chi connectivity index (χ3v) is 5.25. The van der Waals surface area contributed by atoms with E-state index in [-0.39, 0.29) is 24.8 Å². The van der Waals surface area contributed by atoms with E-state index in [4.69, 9.17) is 14.2 Å². The van der Waals surface area contributed by atoms with Crippen molar-refractivity contribution >= 4 is 23.2 Å². The minimum absolute atomic E-state index is 0.0320. The third-order valence-electron chi connectivity index (χ3n) is 5.25. The van der Waals surface area contributed by atoms with Crippen LogP contribution in [-0.4, -0.2) is 38.7 Å². The van der Waals surface area contributed by atoms with Gasteiger partial charge in [-0.1, -0.05) is 30.3 Å². The zero-order valence-corrected chi connectivity index (χ0v) is 18.5. The van der Waals surface area contributed by atoms with Gasteiger partial charge >= 0.3 is 0 Å². The molecule has 33 heavy (non-hydrogen) atoms. The van der Waals surface area contributed by atoms with Gasteiger partial charge in [0.05, 0.1) is 25.8 Å². The van der Waals surface area contributed by atoms with Crippen molar-refractivity contribution < 1.29 is 23.8 Å². The molecule has 170 valence electrons. The molecule has 1 aliphatic heterocycles. The van der Waals surface area contributed by atoms with Crippen LogP contribution in [0.1, 0.15) is 12.0 Å². The number of benzene rings is 3. The van der Waals surface area contributed by atoms with Gasteiger partial charge in [-0.25, -0.2) is 0 Å². The Bertz CT molecular complexity index is 1100. The van der Waals surface area contributed by atoms with Crippen LogP contribution in [0.25, 0.3) is 0 Å². The van der Waals surface area contributed by atoms with E-state index in [0.717, 1.165) is 17.1 Å². The van der Waals surface area contributed by atoms with Gasteiger partial charge in [-0.3, -0.25) is 9.59 Å². The number of anilines is 2. The largest absolute Gasteiger partial charge is 0.497 e. The molecular formula is C26H26N2O5. The number of hydrogen-bond acceptors (Lipinski definition) is 5. The first-order valence-corrected chi connectivity index (χ1v) is 10.8. The highest BCUT2D eigenvalue weighted by Crippen LogP contribution is 2.34. The van der Waals surface area contributed by atoms with Gasteiger partial charge in [0, 0.05) is 18.3 Å². The highest BCUT2D eigenvalue weighted by Gasteiger charge is 2.25. The molecule has 3 aromatic carbocycles. The maximum atomic E-state index is 12.5. The van der Waals surface area contributed by atoms with Crippen molar-refractivity contribution in [2.75, 3.05) is 37.1 Å². The summed E-state index contributed by atoms with van der Waals surface area (Å²) >= 11 is 0. The first-order valence-electron chi connectivity index (χ1n) is 10.8. The number of para-hydroxylation sites is 1. The number of nitrogens with one attached hydrogen (secondary N) is 1. The quantitative estimate of drug-likeness (QED) is 0.502. The monoisotopic (exact) mass is 446 g/mol. The Kier molecular flexibility index (Phi) is 7.09. The Morgan fingerprint density at radius 2 is 1.82 bits per heavy atom. The van der Waals surface area contributed by atoms with E-state index in [0.29, 0.717) is 36.7 Å². The average molecular weight is 447 g/mol. The number of amides is 2. The number of fused-ring (bicyclic) bond motifs is 1. The van der Waals surface area contributed by atoms with Crippen LogP contribution in [0.4, 0.5) is 11.4 Å². The van der Waals surface area contributed by atoms with E-state index in [1.807, 2.05) is 54.6 Å².